The lowest BCUT2D eigenvalue weighted by molar-refractivity contribution is 0.0877. The number of fused-ring (bicyclic) bond motifs is 1. The highest BCUT2D eigenvalue weighted by Crippen LogP contribution is 2.21. The molecule has 1 heterocycles. The molecule has 3 N–H and O–H groups in total. The van der Waals surface area contributed by atoms with E-state index in [1.165, 1.54) is 0 Å². The third kappa shape index (κ3) is 5.91. The van der Waals surface area contributed by atoms with Crippen LogP contribution in [-0.2, 0) is 0 Å². The number of aromatic nitrogens is 1. The molecule has 0 aliphatic carbocycles. The number of Topliss-reactive ketones (excluding diaryl/α,β-unsaturated/α-hetero) is 1. The minimum atomic E-state index is -0.492. The van der Waals surface area contributed by atoms with Crippen molar-refractivity contribution in [3.8, 4) is 11.8 Å². The number of likely N-dealkylation sites (N-methyl/N-ethyl adjacent to an activating group) is 1. The topological polar surface area (TPSA) is 79.5 Å². The summed E-state index contributed by atoms with van der Waals surface area (Å²) < 4.78 is 0. The van der Waals surface area contributed by atoms with E-state index in [-0.39, 0.29) is 5.78 Å². The number of nitrogen functional groups attached to an aromatic ring is 1. The SMILES string of the molecule is CCN(CC)CC(O)CCC(=O)c1ccc(C#Cc2c(N)ncc3ccccc23)cc1. The molecule has 3 rings (SSSR count). The number of benzene rings is 2. The molecule has 1 unspecified atom stereocenters. The molecule has 160 valence electrons. The fraction of sp³-hybridized carbons (Fsp3) is 0.308. The first-order chi connectivity index (χ1) is 15.0. The largest absolute Gasteiger partial charge is 0.392 e. The van der Waals surface area contributed by atoms with Crippen LogP contribution >= 0.6 is 0 Å². The molecule has 0 bridgehead atoms. The van der Waals surface area contributed by atoms with Gasteiger partial charge in [0.15, 0.2) is 5.78 Å². The molecular weight excluding hydrogens is 386 g/mol. The average molecular weight is 416 g/mol. The van der Waals surface area contributed by atoms with Crippen LogP contribution in [0, 0.1) is 11.8 Å². The summed E-state index contributed by atoms with van der Waals surface area (Å²) in [6.07, 6.45) is 2.04. The van der Waals surface area contributed by atoms with Crippen molar-refractivity contribution in [2.24, 2.45) is 0 Å². The highest BCUT2D eigenvalue weighted by Gasteiger charge is 2.12. The Morgan fingerprint density at radius 2 is 1.81 bits per heavy atom. The van der Waals surface area contributed by atoms with E-state index in [1.54, 1.807) is 18.3 Å². The standard InChI is InChI=1S/C26H29N3O2/c1-3-29(4-2)18-22(30)14-16-25(31)20-12-9-19(10-13-20)11-15-24-23-8-6-5-7-21(23)17-28-26(24)27/h5-10,12-13,17,22,30H,3-4,14,16,18H2,1-2H3,(H2,27,28). The second-order valence-corrected chi connectivity index (χ2v) is 7.53. The number of rotatable bonds is 8. The van der Waals surface area contributed by atoms with E-state index < -0.39 is 6.10 Å². The van der Waals surface area contributed by atoms with Crippen LogP contribution in [0.1, 0.15) is 48.2 Å². The molecule has 0 radical (unpaired) electrons. The molecule has 31 heavy (non-hydrogen) atoms. The second kappa shape index (κ2) is 10.7. The Bertz CT molecular complexity index is 1090. The minimum Gasteiger partial charge on any atom is -0.392 e. The van der Waals surface area contributed by atoms with E-state index in [0.717, 1.165) is 29.4 Å². The quantitative estimate of drug-likeness (QED) is 0.431. The van der Waals surface area contributed by atoms with E-state index in [1.807, 2.05) is 36.4 Å². The Morgan fingerprint density at radius 1 is 1.10 bits per heavy atom. The molecular formula is C26H29N3O2. The molecule has 1 aromatic heterocycles. The zero-order chi connectivity index (χ0) is 22.2. The van der Waals surface area contributed by atoms with Crippen molar-refractivity contribution < 1.29 is 9.90 Å². The molecule has 2 aromatic carbocycles. The summed E-state index contributed by atoms with van der Waals surface area (Å²) in [7, 11) is 0. The van der Waals surface area contributed by atoms with Gasteiger partial charge in [0.2, 0.25) is 0 Å². The number of nitrogens with zero attached hydrogens (tertiary/aromatic N) is 2. The van der Waals surface area contributed by atoms with E-state index >= 15 is 0 Å². The maximum absolute atomic E-state index is 12.5. The molecule has 5 heteroatoms. The molecule has 0 aliphatic rings. The lowest BCUT2D eigenvalue weighted by Gasteiger charge is -2.21. The molecule has 1 atom stereocenters. The van der Waals surface area contributed by atoms with Gasteiger partial charge >= 0.3 is 0 Å². The van der Waals surface area contributed by atoms with Crippen LogP contribution < -0.4 is 5.73 Å². The third-order valence-electron chi connectivity index (χ3n) is 5.44. The molecule has 0 amide bonds. The van der Waals surface area contributed by atoms with Crippen molar-refractivity contribution in [3.05, 3.63) is 71.4 Å². The van der Waals surface area contributed by atoms with Crippen molar-refractivity contribution in [2.75, 3.05) is 25.4 Å². The van der Waals surface area contributed by atoms with Gasteiger partial charge in [-0.1, -0.05) is 62.1 Å². The van der Waals surface area contributed by atoms with E-state index in [4.69, 9.17) is 5.73 Å². The molecule has 3 aromatic rings. The molecule has 5 nitrogen and oxygen atoms in total. The predicted molar refractivity (Wildman–Crippen MR) is 126 cm³/mol. The Kier molecular flexibility index (Phi) is 7.77. The molecule has 0 saturated carbocycles. The maximum Gasteiger partial charge on any atom is 0.162 e. The monoisotopic (exact) mass is 415 g/mol. The smallest absolute Gasteiger partial charge is 0.162 e. The van der Waals surface area contributed by atoms with Crippen molar-refractivity contribution >= 4 is 22.4 Å². The first-order valence-electron chi connectivity index (χ1n) is 10.7. The van der Waals surface area contributed by atoms with Gasteiger partial charge in [-0.15, -0.1) is 0 Å². The number of pyridine rings is 1. The molecule has 0 spiro atoms. The lowest BCUT2D eigenvalue weighted by Crippen LogP contribution is -2.32. The Morgan fingerprint density at radius 3 is 2.52 bits per heavy atom. The van der Waals surface area contributed by atoms with Gasteiger partial charge in [0.25, 0.3) is 0 Å². The van der Waals surface area contributed by atoms with Crippen LogP contribution in [0.25, 0.3) is 10.8 Å². The highest BCUT2D eigenvalue weighted by molar-refractivity contribution is 5.96. The van der Waals surface area contributed by atoms with E-state index in [2.05, 4.69) is 35.6 Å². The predicted octanol–water partition coefficient (Wildman–Crippen LogP) is 3.88. The third-order valence-corrected chi connectivity index (χ3v) is 5.44. The Balaban J connectivity index is 1.65. The lowest BCUT2D eigenvalue weighted by atomic mass is 10.0. The van der Waals surface area contributed by atoms with Gasteiger partial charge in [-0.25, -0.2) is 4.98 Å². The summed E-state index contributed by atoms with van der Waals surface area (Å²) in [5.74, 6) is 6.68. The van der Waals surface area contributed by atoms with Crippen molar-refractivity contribution in [3.63, 3.8) is 0 Å². The zero-order valence-corrected chi connectivity index (χ0v) is 18.1. The number of hydrogen-bond donors (Lipinski definition) is 2. The van der Waals surface area contributed by atoms with Gasteiger partial charge in [0.05, 0.1) is 11.7 Å². The summed E-state index contributed by atoms with van der Waals surface area (Å²) in [6, 6.07) is 15.1. The van der Waals surface area contributed by atoms with Crippen LogP contribution in [0.15, 0.2) is 54.7 Å². The first-order valence-corrected chi connectivity index (χ1v) is 10.7. The van der Waals surface area contributed by atoms with Gasteiger partial charge < -0.3 is 15.7 Å². The van der Waals surface area contributed by atoms with Crippen LogP contribution in [0.5, 0.6) is 0 Å². The fourth-order valence-electron chi connectivity index (χ4n) is 3.50. The zero-order valence-electron chi connectivity index (χ0n) is 18.1. The second-order valence-electron chi connectivity index (χ2n) is 7.53. The van der Waals surface area contributed by atoms with E-state index in [9.17, 15) is 9.90 Å². The number of aliphatic hydroxyl groups is 1. The van der Waals surface area contributed by atoms with Gasteiger partial charge in [0.1, 0.15) is 5.82 Å². The van der Waals surface area contributed by atoms with E-state index in [0.29, 0.717) is 36.3 Å². The number of carbonyl (C=O) groups is 1. The summed E-state index contributed by atoms with van der Waals surface area (Å²) >= 11 is 0. The van der Waals surface area contributed by atoms with Crippen LogP contribution in [0.3, 0.4) is 0 Å². The number of aliphatic hydroxyl groups excluding tert-OH is 1. The van der Waals surface area contributed by atoms with Gasteiger partial charge in [-0.3, -0.25) is 4.79 Å². The summed E-state index contributed by atoms with van der Waals surface area (Å²) in [5, 5.41) is 12.1. The average Bonchev–Trinajstić information content (AvgIpc) is 2.80. The summed E-state index contributed by atoms with van der Waals surface area (Å²) in [5.41, 5.74) is 8.18. The maximum atomic E-state index is 12.5. The van der Waals surface area contributed by atoms with Crippen LogP contribution in [0.4, 0.5) is 5.82 Å². The molecule has 0 saturated heterocycles. The molecule has 0 aliphatic heterocycles. The summed E-state index contributed by atoms with van der Waals surface area (Å²) in [4.78, 5) is 18.9. The van der Waals surface area contributed by atoms with Crippen LogP contribution in [-0.4, -0.2) is 46.5 Å². The highest BCUT2D eigenvalue weighted by atomic mass is 16.3. The number of hydrogen-bond acceptors (Lipinski definition) is 5. The summed E-state index contributed by atoms with van der Waals surface area (Å²) in [6.45, 7) is 6.52. The first kappa shape index (κ1) is 22.5. The fourth-order valence-corrected chi connectivity index (χ4v) is 3.50. The van der Waals surface area contributed by atoms with Crippen molar-refractivity contribution in [1.29, 1.82) is 0 Å². The number of anilines is 1. The number of carbonyl (C=O) groups excluding carboxylic acids is 1. The van der Waals surface area contributed by atoms with Crippen molar-refractivity contribution in [1.82, 2.24) is 9.88 Å². The Hall–Kier alpha value is -3.20. The van der Waals surface area contributed by atoms with Crippen molar-refractivity contribution in [2.45, 2.75) is 32.8 Å². The van der Waals surface area contributed by atoms with Gasteiger partial charge in [0, 0.05) is 41.1 Å². The number of nitrogens with two attached hydrogens (primary N) is 1. The Labute approximate surface area is 183 Å². The van der Waals surface area contributed by atoms with Gasteiger partial charge in [-0.05, 0) is 31.6 Å². The normalized spacial score (nSPS) is 11.9. The van der Waals surface area contributed by atoms with Crippen LogP contribution in [0.2, 0.25) is 0 Å². The molecule has 0 fully saturated rings. The number of ketones is 1. The van der Waals surface area contributed by atoms with Gasteiger partial charge in [-0.2, -0.15) is 0 Å². The minimum absolute atomic E-state index is 0.0283.